The van der Waals surface area contributed by atoms with Gasteiger partial charge in [0.15, 0.2) is 11.5 Å². The van der Waals surface area contributed by atoms with Crippen molar-refractivity contribution >= 4 is 5.69 Å². The molecule has 1 heterocycles. The van der Waals surface area contributed by atoms with Crippen LogP contribution in [0.2, 0.25) is 0 Å². The zero-order valence-electron chi connectivity index (χ0n) is 10.6. The minimum atomic E-state index is -0.347. The Morgan fingerprint density at radius 2 is 1.95 bits per heavy atom. The summed E-state index contributed by atoms with van der Waals surface area (Å²) in [6.07, 6.45) is 4.95. The first-order valence-corrected chi connectivity index (χ1v) is 6.64. The number of fused-ring (bicyclic) bond motifs is 1. The molecule has 0 saturated heterocycles. The van der Waals surface area contributed by atoms with Crippen LogP contribution in [-0.2, 0) is 6.54 Å². The van der Waals surface area contributed by atoms with E-state index in [-0.39, 0.29) is 17.4 Å². The maximum absolute atomic E-state index is 11.1. The van der Waals surface area contributed by atoms with Gasteiger partial charge in [-0.25, -0.2) is 0 Å². The third-order valence-electron chi connectivity index (χ3n) is 3.84. The Morgan fingerprint density at radius 1 is 1.26 bits per heavy atom. The average molecular weight is 265 g/mol. The van der Waals surface area contributed by atoms with E-state index < -0.39 is 0 Å². The van der Waals surface area contributed by atoms with Crippen molar-refractivity contribution < 1.29 is 19.7 Å². The first-order valence-electron chi connectivity index (χ1n) is 6.64. The van der Waals surface area contributed by atoms with Crippen LogP contribution in [0.5, 0.6) is 11.5 Å². The number of nitrogens with two attached hydrogens (primary N) is 1. The lowest BCUT2D eigenvalue weighted by atomic mass is 10.1. The number of benzene rings is 1. The lowest BCUT2D eigenvalue weighted by Crippen LogP contribution is -2.87. The van der Waals surface area contributed by atoms with Crippen molar-refractivity contribution in [3.05, 3.63) is 27.8 Å². The van der Waals surface area contributed by atoms with Gasteiger partial charge in [-0.3, -0.25) is 10.1 Å². The molecule has 0 bridgehead atoms. The summed E-state index contributed by atoms with van der Waals surface area (Å²) in [5, 5.41) is 13.3. The molecule has 0 radical (unpaired) electrons. The molecule has 6 heteroatoms. The van der Waals surface area contributed by atoms with Crippen molar-refractivity contribution in [2.45, 2.75) is 38.3 Å². The Hall–Kier alpha value is -1.82. The second-order valence-corrected chi connectivity index (χ2v) is 5.08. The number of hydrogen-bond acceptors (Lipinski definition) is 4. The highest BCUT2D eigenvalue weighted by Crippen LogP contribution is 2.37. The zero-order chi connectivity index (χ0) is 13.2. The lowest BCUT2D eigenvalue weighted by Gasteiger charge is -2.09. The van der Waals surface area contributed by atoms with Gasteiger partial charge >= 0.3 is 0 Å². The molecule has 1 saturated carbocycles. The van der Waals surface area contributed by atoms with Gasteiger partial charge in [0.2, 0.25) is 6.79 Å². The van der Waals surface area contributed by atoms with Gasteiger partial charge in [-0.15, -0.1) is 0 Å². The van der Waals surface area contributed by atoms with Gasteiger partial charge < -0.3 is 14.8 Å². The molecule has 0 atom stereocenters. The minimum Gasteiger partial charge on any atom is -0.454 e. The monoisotopic (exact) mass is 265 g/mol. The van der Waals surface area contributed by atoms with E-state index in [0.717, 1.165) is 0 Å². The Bertz CT molecular complexity index is 498. The highest BCUT2D eigenvalue weighted by molar-refractivity contribution is 5.54. The van der Waals surface area contributed by atoms with Crippen molar-refractivity contribution in [1.29, 1.82) is 0 Å². The summed E-state index contributed by atoms with van der Waals surface area (Å²) in [5.41, 5.74) is 0.833. The molecular formula is C13H17N2O4+. The quantitative estimate of drug-likeness (QED) is 0.658. The first kappa shape index (κ1) is 12.2. The summed E-state index contributed by atoms with van der Waals surface area (Å²) in [7, 11) is 0. The van der Waals surface area contributed by atoms with E-state index in [0.29, 0.717) is 29.6 Å². The standard InChI is InChI=1S/C13H16N2O4/c16-15(17)11-6-13-12(18-8-19-13)5-9(11)7-14-10-3-1-2-4-10/h5-6,10,14H,1-4,7-8H2/p+1. The van der Waals surface area contributed by atoms with E-state index in [2.05, 4.69) is 5.32 Å². The van der Waals surface area contributed by atoms with E-state index in [1.54, 1.807) is 6.07 Å². The molecule has 1 aromatic carbocycles. The molecule has 102 valence electrons. The van der Waals surface area contributed by atoms with Gasteiger partial charge in [-0.05, 0) is 31.7 Å². The van der Waals surface area contributed by atoms with Crippen molar-refractivity contribution in [3.63, 3.8) is 0 Å². The molecule has 6 nitrogen and oxygen atoms in total. The number of nitro benzene ring substituents is 1. The van der Waals surface area contributed by atoms with Gasteiger partial charge in [0.25, 0.3) is 5.69 Å². The van der Waals surface area contributed by atoms with Gasteiger partial charge in [-0.1, -0.05) is 0 Å². The molecule has 1 aliphatic carbocycles. The maximum atomic E-state index is 11.1. The normalized spacial score (nSPS) is 17.9. The van der Waals surface area contributed by atoms with E-state index in [1.807, 2.05) is 0 Å². The second kappa shape index (κ2) is 5.05. The van der Waals surface area contributed by atoms with E-state index in [4.69, 9.17) is 9.47 Å². The summed E-state index contributed by atoms with van der Waals surface area (Å²) in [6.45, 7) is 0.764. The number of hydrogen-bond donors (Lipinski definition) is 1. The third kappa shape index (κ3) is 2.49. The Labute approximate surface area is 110 Å². The molecule has 0 spiro atoms. The molecule has 1 aromatic rings. The predicted molar refractivity (Wildman–Crippen MR) is 67.1 cm³/mol. The fraction of sp³-hybridized carbons (Fsp3) is 0.538. The SMILES string of the molecule is O=[N+]([O-])c1cc2c(cc1C[NH2+]C1CCCC1)OCO2. The fourth-order valence-electron chi connectivity index (χ4n) is 2.79. The highest BCUT2D eigenvalue weighted by atomic mass is 16.7. The van der Waals surface area contributed by atoms with Gasteiger partial charge in [0.1, 0.15) is 6.54 Å². The van der Waals surface area contributed by atoms with Crippen molar-refractivity contribution in [2.24, 2.45) is 0 Å². The third-order valence-corrected chi connectivity index (χ3v) is 3.84. The molecule has 3 rings (SSSR count). The van der Waals surface area contributed by atoms with Gasteiger partial charge in [0.05, 0.1) is 22.6 Å². The summed E-state index contributed by atoms with van der Waals surface area (Å²) < 4.78 is 10.5. The summed E-state index contributed by atoms with van der Waals surface area (Å²) >= 11 is 0. The van der Waals surface area contributed by atoms with Crippen LogP contribution in [0, 0.1) is 10.1 Å². The summed E-state index contributed by atoms with van der Waals surface area (Å²) in [4.78, 5) is 10.8. The van der Waals surface area contributed by atoms with E-state index in [9.17, 15) is 10.1 Å². The second-order valence-electron chi connectivity index (χ2n) is 5.08. The summed E-state index contributed by atoms with van der Waals surface area (Å²) in [6, 6.07) is 3.82. The molecular weight excluding hydrogens is 248 g/mol. The lowest BCUT2D eigenvalue weighted by molar-refractivity contribution is -0.703. The summed E-state index contributed by atoms with van der Waals surface area (Å²) in [5.74, 6) is 1.08. The van der Waals surface area contributed by atoms with Crippen LogP contribution in [-0.4, -0.2) is 17.8 Å². The fourth-order valence-corrected chi connectivity index (χ4v) is 2.79. The average Bonchev–Trinajstić information content (AvgIpc) is 3.05. The minimum absolute atomic E-state index is 0.124. The smallest absolute Gasteiger partial charge is 0.282 e. The topological polar surface area (TPSA) is 78.2 Å². The van der Waals surface area contributed by atoms with Gasteiger partial charge in [-0.2, -0.15) is 0 Å². The Kier molecular flexibility index (Phi) is 3.25. The number of ether oxygens (including phenoxy) is 2. The highest BCUT2D eigenvalue weighted by Gasteiger charge is 2.25. The molecule has 1 fully saturated rings. The van der Waals surface area contributed by atoms with Crippen LogP contribution in [0.15, 0.2) is 12.1 Å². The van der Waals surface area contributed by atoms with E-state index in [1.165, 1.54) is 31.7 Å². The molecule has 1 aliphatic heterocycles. The van der Waals surface area contributed by atoms with Crippen LogP contribution in [0.1, 0.15) is 31.2 Å². The van der Waals surface area contributed by atoms with E-state index >= 15 is 0 Å². The van der Waals surface area contributed by atoms with Crippen molar-refractivity contribution in [3.8, 4) is 11.5 Å². The van der Waals surface area contributed by atoms with Crippen molar-refractivity contribution in [1.82, 2.24) is 0 Å². The van der Waals surface area contributed by atoms with Crippen LogP contribution in [0.4, 0.5) is 5.69 Å². The molecule has 0 unspecified atom stereocenters. The molecule has 2 aliphatic rings. The Morgan fingerprint density at radius 3 is 2.63 bits per heavy atom. The largest absolute Gasteiger partial charge is 0.454 e. The molecule has 0 amide bonds. The van der Waals surface area contributed by atoms with Crippen LogP contribution < -0.4 is 14.8 Å². The molecule has 2 N–H and O–H groups in total. The van der Waals surface area contributed by atoms with Crippen LogP contribution in [0.3, 0.4) is 0 Å². The first-order chi connectivity index (χ1) is 9.24. The Balaban J connectivity index is 1.80. The molecule has 19 heavy (non-hydrogen) atoms. The van der Waals surface area contributed by atoms with Crippen molar-refractivity contribution in [2.75, 3.05) is 6.79 Å². The maximum Gasteiger partial charge on any atom is 0.282 e. The number of rotatable bonds is 4. The molecule has 0 aromatic heterocycles. The number of nitro groups is 1. The van der Waals surface area contributed by atoms with Crippen LogP contribution in [0.25, 0.3) is 0 Å². The number of nitrogens with zero attached hydrogens (tertiary/aromatic N) is 1. The number of quaternary nitrogens is 1. The van der Waals surface area contributed by atoms with Crippen LogP contribution >= 0.6 is 0 Å². The zero-order valence-corrected chi connectivity index (χ0v) is 10.6. The van der Waals surface area contributed by atoms with Gasteiger partial charge in [0, 0.05) is 0 Å². The predicted octanol–water partition coefficient (Wildman–Crippen LogP) is 1.33.